The molecule has 0 aliphatic rings. The Hall–Kier alpha value is -2.25. The molecule has 0 saturated carbocycles. The van der Waals surface area contributed by atoms with Crippen molar-refractivity contribution in [1.29, 1.82) is 0 Å². The van der Waals surface area contributed by atoms with Gasteiger partial charge in [-0.15, -0.1) is 0 Å². The first kappa shape index (κ1) is 13.2. The Kier molecular flexibility index (Phi) is 3.88. The predicted octanol–water partition coefficient (Wildman–Crippen LogP) is -0.917. The molecule has 0 saturated heterocycles. The summed E-state index contributed by atoms with van der Waals surface area (Å²) in [7, 11) is 0. The van der Waals surface area contributed by atoms with Crippen LogP contribution in [0.4, 0.5) is 0 Å². The second-order valence-electron chi connectivity index (χ2n) is 3.83. The number of nitrogens with one attached hydrogen (secondary N) is 1. The molecule has 1 heterocycles. The van der Waals surface area contributed by atoms with Gasteiger partial charge in [0.05, 0.1) is 13.2 Å². The highest BCUT2D eigenvalue weighted by molar-refractivity contribution is 5.93. The zero-order valence-electron chi connectivity index (χ0n) is 10.0. The van der Waals surface area contributed by atoms with E-state index < -0.39 is 12.5 Å². The van der Waals surface area contributed by atoms with E-state index in [0.717, 1.165) is 0 Å². The molecule has 0 spiro atoms. The first-order valence-electron chi connectivity index (χ1n) is 5.70. The fourth-order valence-corrected chi connectivity index (χ4v) is 1.75. The van der Waals surface area contributed by atoms with Crippen molar-refractivity contribution in [2.24, 2.45) is 0 Å². The molecule has 0 aliphatic carbocycles. The van der Waals surface area contributed by atoms with Crippen LogP contribution in [-0.4, -0.2) is 34.3 Å². The van der Waals surface area contributed by atoms with Crippen LogP contribution in [0.25, 0.3) is 11.0 Å². The Morgan fingerprint density at radius 1 is 1.37 bits per heavy atom. The van der Waals surface area contributed by atoms with E-state index in [-0.39, 0.29) is 30.1 Å². The van der Waals surface area contributed by atoms with Gasteiger partial charge in [-0.3, -0.25) is 4.79 Å². The van der Waals surface area contributed by atoms with Gasteiger partial charge in [0.25, 0.3) is 0 Å². The summed E-state index contributed by atoms with van der Waals surface area (Å²) in [5, 5.41) is 32.4. The number of hydrogen-bond donors (Lipinski definition) is 3. The summed E-state index contributed by atoms with van der Waals surface area (Å²) in [6, 6.07) is 6.53. The van der Waals surface area contributed by atoms with Crippen molar-refractivity contribution >= 4 is 16.9 Å². The maximum absolute atomic E-state index is 12.2. The first-order valence-corrected chi connectivity index (χ1v) is 5.70. The van der Waals surface area contributed by atoms with Crippen LogP contribution in [0.3, 0.4) is 0 Å². The molecule has 7 heteroatoms. The van der Waals surface area contributed by atoms with Gasteiger partial charge in [-0.2, -0.15) is 4.73 Å². The highest BCUT2D eigenvalue weighted by Crippen LogP contribution is 2.11. The third-order valence-corrected chi connectivity index (χ3v) is 2.59. The fourth-order valence-electron chi connectivity index (χ4n) is 1.75. The molecule has 1 aromatic heterocycles. The van der Waals surface area contributed by atoms with E-state index in [1.807, 2.05) is 0 Å². The van der Waals surface area contributed by atoms with Gasteiger partial charge in [0.1, 0.15) is 11.2 Å². The Morgan fingerprint density at radius 2 is 2.11 bits per heavy atom. The zero-order chi connectivity index (χ0) is 13.8. The van der Waals surface area contributed by atoms with Crippen LogP contribution in [0.1, 0.15) is 16.2 Å². The first-order chi connectivity index (χ1) is 9.19. The average Bonchev–Trinajstić information content (AvgIpc) is 2.44. The smallest absolute Gasteiger partial charge is 0.319 e. The number of carbonyl (C=O) groups excluding carboxylic acids is 1. The minimum absolute atomic E-state index is 0.00383. The molecular formula is C12H13N3O4. The number of amides is 1. The van der Waals surface area contributed by atoms with Crippen molar-refractivity contribution in [3.05, 3.63) is 40.9 Å². The van der Waals surface area contributed by atoms with E-state index in [1.54, 1.807) is 24.3 Å². The molecule has 0 aliphatic heterocycles. The van der Waals surface area contributed by atoms with Gasteiger partial charge in [0, 0.05) is 12.6 Å². The summed E-state index contributed by atoms with van der Waals surface area (Å²) in [5.41, 5.74) is 0.396. The third-order valence-electron chi connectivity index (χ3n) is 2.59. The Bertz CT molecular complexity index is 615. The SMILES string of the molecule is O=C(NCCO)c1c(CO)nc2ccccc2[n+]1[O-]. The Labute approximate surface area is 108 Å². The lowest BCUT2D eigenvalue weighted by atomic mass is 10.2. The Morgan fingerprint density at radius 3 is 2.79 bits per heavy atom. The van der Waals surface area contributed by atoms with Crippen LogP contribution in [-0.2, 0) is 6.61 Å². The molecule has 1 amide bonds. The van der Waals surface area contributed by atoms with E-state index in [1.165, 1.54) is 0 Å². The molecule has 0 bridgehead atoms. The van der Waals surface area contributed by atoms with E-state index in [2.05, 4.69) is 10.3 Å². The number of aromatic nitrogens is 2. The molecule has 0 atom stereocenters. The lowest BCUT2D eigenvalue weighted by Gasteiger charge is -2.10. The van der Waals surface area contributed by atoms with E-state index in [9.17, 15) is 15.1 Å². The largest absolute Gasteiger partial charge is 0.618 e. The summed E-state index contributed by atoms with van der Waals surface area (Å²) >= 11 is 0. The number of para-hydroxylation sites is 2. The standard InChI is InChI=1S/C12H13N3O4/c16-6-5-13-12(18)11-9(7-17)14-8-3-1-2-4-10(8)15(11)19/h1-4,16-17H,5-7H2,(H,13,18). The van der Waals surface area contributed by atoms with Crippen LogP contribution in [0.5, 0.6) is 0 Å². The molecule has 2 rings (SSSR count). The molecule has 1 aromatic carbocycles. The summed E-state index contributed by atoms with van der Waals surface area (Å²) in [6.07, 6.45) is 0. The topological polar surface area (TPSA) is 109 Å². The number of fused-ring (bicyclic) bond motifs is 1. The van der Waals surface area contributed by atoms with Crippen LogP contribution in [0.2, 0.25) is 0 Å². The van der Waals surface area contributed by atoms with Crippen LogP contribution in [0, 0.1) is 5.21 Å². The molecule has 3 N–H and O–H groups in total. The Balaban J connectivity index is 2.57. The van der Waals surface area contributed by atoms with E-state index in [0.29, 0.717) is 10.2 Å². The minimum Gasteiger partial charge on any atom is -0.618 e. The van der Waals surface area contributed by atoms with Crippen LogP contribution in [0.15, 0.2) is 24.3 Å². The number of carbonyl (C=O) groups is 1. The van der Waals surface area contributed by atoms with Gasteiger partial charge >= 0.3 is 11.6 Å². The lowest BCUT2D eigenvalue weighted by Crippen LogP contribution is -2.43. The number of nitrogens with zero attached hydrogens (tertiary/aromatic N) is 2. The molecular weight excluding hydrogens is 250 g/mol. The molecule has 0 radical (unpaired) electrons. The lowest BCUT2D eigenvalue weighted by molar-refractivity contribution is -0.580. The zero-order valence-corrected chi connectivity index (χ0v) is 10.0. The highest BCUT2D eigenvalue weighted by Gasteiger charge is 2.25. The molecule has 19 heavy (non-hydrogen) atoms. The summed E-state index contributed by atoms with van der Waals surface area (Å²) in [5.74, 6) is -0.675. The van der Waals surface area contributed by atoms with Crippen LogP contribution < -0.4 is 10.0 Å². The number of rotatable bonds is 4. The van der Waals surface area contributed by atoms with E-state index >= 15 is 0 Å². The quantitative estimate of drug-likeness (QED) is 0.488. The minimum atomic E-state index is -0.675. The van der Waals surface area contributed by atoms with Crippen molar-refractivity contribution in [3.8, 4) is 0 Å². The van der Waals surface area contributed by atoms with Gasteiger partial charge in [-0.1, -0.05) is 12.1 Å². The molecule has 100 valence electrons. The molecule has 7 nitrogen and oxygen atoms in total. The van der Waals surface area contributed by atoms with Gasteiger partial charge in [0.2, 0.25) is 5.52 Å². The fraction of sp³-hybridized carbons (Fsp3) is 0.250. The molecule has 2 aromatic rings. The summed E-state index contributed by atoms with van der Waals surface area (Å²) in [6.45, 7) is -0.731. The monoisotopic (exact) mass is 263 g/mol. The molecule has 0 unspecified atom stereocenters. The average molecular weight is 263 g/mol. The predicted molar refractivity (Wildman–Crippen MR) is 66.0 cm³/mol. The van der Waals surface area contributed by atoms with Crippen molar-refractivity contribution in [1.82, 2.24) is 10.3 Å². The normalized spacial score (nSPS) is 10.6. The highest BCUT2D eigenvalue weighted by atomic mass is 16.5. The van der Waals surface area contributed by atoms with Crippen molar-refractivity contribution < 1.29 is 19.7 Å². The van der Waals surface area contributed by atoms with Crippen LogP contribution >= 0.6 is 0 Å². The van der Waals surface area contributed by atoms with Crippen molar-refractivity contribution in [2.75, 3.05) is 13.2 Å². The van der Waals surface area contributed by atoms with Crippen molar-refractivity contribution in [2.45, 2.75) is 6.61 Å². The molecule has 0 fully saturated rings. The van der Waals surface area contributed by atoms with E-state index in [4.69, 9.17) is 5.11 Å². The van der Waals surface area contributed by atoms with Crippen molar-refractivity contribution in [3.63, 3.8) is 0 Å². The second-order valence-corrected chi connectivity index (χ2v) is 3.83. The number of aliphatic hydroxyl groups excluding tert-OH is 2. The second kappa shape index (κ2) is 5.59. The number of aliphatic hydroxyl groups is 2. The van der Waals surface area contributed by atoms with Gasteiger partial charge in [-0.05, 0) is 6.07 Å². The third kappa shape index (κ3) is 2.47. The van der Waals surface area contributed by atoms with Gasteiger partial charge in [-0.25, -0.2) is 4.98 Å². The number of benzene rings is 1. The number of hydrogen-bond acceptors (Lipinski definition) is 5. The summed E-state index contributed by atoms with van der Waals surface area (Å²) in [4.78, 5) is 15.9. The maximum atomic E-state index is 12.2. The summed E-state index contributed by atoms with van der Waals surface area (Å²) < 4.78 is 0.445. The van der Waals surface area contributed by atoms with Gasteiger partial charge < -0.3 is 20.7 Å². The maximum Gasteiger partial charge on any atom is 0.319 e. The van der Waals surface area contributed by atoms with Gasteiger partial charge in [0.15, 0.2) is 0 Å².